The van der Waals surface area contributed by atoms with Gasteiger partial charge in [-0.05, 0) is 37.9 Å². The van der Waals surface area contributed by atoms with E-state index in [0.29, 0.717) is 5.92 Å². The van der Waals surface area contributed by atoms with Crippen molar-refractivity contribution in [2.24, 2.45) is 11.3 Å². The van der Waals surface area contributed by atoms with Gasteiger partial charge in [-0.15, -0.1) is 0 Å². The zero-order chi connectivity index (χ0) is 13.9. The van der Waals surface area contributed by atoms with E-state index >= 15 is 0 Å². The first kappa shape index (κ1) is 14.3. The summed E-state index contributed by atoms with van der Waals surface area (Å²) in [5.74, 6) is 0.484. The van der Waals surface area contributed by atoms with Gasteiger partial charge in [0.1, 0.15) is 5.82 Å². The number of para-hydroxylation sites is 1. The fourth-order valence-electron chi connectivity index (χ4n) is 3.03. The van der Waals surface area contributed by atoms with Crippen LogP contribution in [-0.4, -0.2) is 26.2 Å². The predicted octanol–water partition coefficient (Wildman–Crippen LogP) is 3.29. The summed E-state index contributed by atoms with van der Waals surface area (Å²) in [6, 6.07) is 7.10. The predicted molar refractivity (Wildman–Crippen MR) is 79.0 cm³/mol. The summed E-state index contributed by atoms with van der Waals surface area (Å²) in [5, 5.41) is 3.47. The number of nitrogens with one attached hydrogen (secondary N) is 1. The molecule has 1 heterocycles. The van der Waals surface area contributed by atoms with Crippen LogP contribution in [0.1, 0.15) is 27.2 Å². The Morgan fingerprint density at radius 3 is 2.63 bits per heavy atom. The molecule has 1 N–H and O–H groups in total. The third-order valence-electron chi connectivity index (χ3n) is 4.58. The van der Waals surface area contributed by atoms with Crippen LogP contribution in [0.25, 0.3) is 0 Å². The molecule has 0 saturated carbocycles. The monoisotopic (exact) mass is 264 g/mol. The van der Waals surface area contributed by atoms with Crippen LogP contribution in [0, 0.1) is 17.2 Å². The van der Waals surface area contributed by atoms with Crippen molar-refractivity contribution >= 4 is 5.69 Å². The molecule has 3 heteroatoms. The van der Waals surface area contributed by atoms with Gasteiger partial charge in [-0.25, -0.2) is 4.39 Å². The fraction of sp³-hybridized carbons (Fsp3) is 0.625. The van der Waals surface area contributed by atoms with Gasteiger partial charge in [0.05, 0.1) is 5.69 Å². The molecule has 0 spiro atoms. The Bertz CT molecular complexity index is 411. The molecule has 1 aliphatic heterocycles. The summed E-state index contributed by atoms with van der Waals surface area (Å²) in [6.45, 7) is 10.5. The van der Waals surface area contributed by atoms with Crippen LogP contribution >= 0.6 is 0 Å². The van der Waals surface area contributed by atoms with Crippen molar-refractivity contribution < 1.29 is 4.39 Å². The highest BCUT2D eigenvalue weighted by atomic mass is 19.1. The number of halogens is 1. The molecule has 0 radical (unpaired) electrons. The Balaban J connectivity index is 2.21. The first-order valence-corrected chi connectivity index (χ1v) is 7.29. The van der Waals surface area contributed by atoms with Crippen LogP contribution in [0.3, 0.4) is 0 Å². The Morgan fingerprint density at radius 1 is 1.37 bits per heavy atom. The van der Waals surface area contributed by atoms with Gasteiger partial charge in [-0.2, -0.15) is 0 Å². The topological polar surface area (TPSA) is 15.3 Å². The van der Waals surface area contributed by atoms with Gasteiger partial charge >= 0.3 is 0 Å². The van der Waals surface area contributed by atoms with Gasteiger partial charge in [-0.3, -0.25) is 0 Å². The molecule has 0 aliphatic carbocycles. The zero-order valence-corrected chi connectivity index (χ0v) is 12.2. The second-order valence-electron chi connectivity index (χ2n) is 5.91. The van der Waals surface area contributed by atoms with E-state index in [9.17, 15) is 4.39 Å². The summed E-state index contributed by atoms with van der Waals surface area (Å²) in [6.07, 6.45) is 1.18. The summed E-state index contributed by atoms with van der Waals surface area (Å²) < 4.78 is 14.0. The van der Waals surface area contributed by atoms with Crippen molar-refractivity contribution in [1.29, 1.82) is 0 Å². The molecule has 1 fully saturated rings. The maximum atomic E-state index is 14.0. The van der Waals surface area contributed by atoms with E-state index in [2.05, 4.69) is 31.0 Å². The Kier molecular flexibility index (Phi) is 4.46. The second kappa shape index (κ2) is 5.91. The van der Waals surface area contributed by atoms with Crippen molar-refractivity contribution in [1.82, 2.24) is 5.32 Å². The van der Waals surface area contributed by atoms with E-state index in [-0.39, 0.29) is 11.2 Å². The molecule has 1 aliphatic rings. The molecule has 1 aromatic rings. The normalized spacial score (nSPS) is 23.0. The van der Waals surface area contributed by atoms with Gasteiger partial charge in [0.25, 0.3) is 0 Å². The average Bonchev–Trinajstić information content (AvgIpc) is 2.87. The van der Waals surface area contributed by atoms with Gasteiger partial charge in [0.2, 0.25) is 0 Å². The van der Waals surface area contributed by atoms with Crippen LogP contribution in [0.15, 0.2) is 24.3 Å². The molecule has 1 saturated heterocycles. The highest BCUT2D eigenvalue weighted by Gasteiger charge is 2.38. The molecule has 106 valence electrons. The lowest BCUT2D eigenvalue weighted by atomic mass is 9.76. The van der Waals surface area contributed by atoms with Gasteiger partial charge < -0.3 is 10.2 Å². The lowest BCUT2D eigenvalue weighted by molar-refractivity contribution is 0.223. The van der Waals surface area contributed by atoms with Crippen molar-refractivity contribution in [3.05, 3.63) is 30.1 Å². The van der Waals surface area contributed by atoms with E-state index in [4.69, 9.17) is 0 Å². The minimum Gasteiger partial charge on any atom is -0.369 e. The number of rotatable bonds is 5. The van der Waals surface area contributed by atoms with Crippen molar-refractivity contribution in [2.45, 2.75) is 27.2 Å². The van der Waals surface area contributed by atoms with E-state index in [1.807, 2.05) is 12.1 Å². The van der Waals surface area contributed by atoms with E-state index in [0.717, 1.165) is 31.9 Å². The summed E-state index contributed by atoms with van der Waals surface area (Å²) in [4.78, 5) is 2.18. The Hall–Kier alpha value is -1.09. The molecule has 0 aromatic heterocycles. The molecule has 0 amide bonds. The minimum absolute atomic E-state index is 0.116. The summed E-state index contributed by atoms with van der Waals surface area (Å²) in [7, 11) is 0. The van der Waals surface area contributed by atoms with Crippen LogP contribution in [0.2, 0.25) is 0 Å². The number of anilines is 1. The largest absolute Gasteiger partial charge is 0.369 e. The molecule has 2 rings (SSSR count). The number of hydrogen-bond donors (Lipinski definition) is 1. The lowest BCUT2D eigenvalue weighted by Gasteiger charge is -2.38. The third kappa shape index (κ3) is 2.92. The first-order valence-electron chi connectivity index (χ1n) is 7.29. The Morgan fingerprint density at radius 2 is 2.11 bits per heavy atom. The number of nitrogens with zero attached hydrogens (tertiary/aromatic N) is 1. The van der Waals surface area contributed by atoms with Crippen LogP contribution in [-0.2, 0) is 0 Å². The van der Waals surface area contributed by atoms with Gasteiger partial charge in [0.15, 0.2) is 0 Å². The van der Waals surface area contributed by atoms with Gasteiger partial charge in [0, 0.05) is 25.0 Å². The van der Waals surface area contributed by atoms with Crippen LogP contribution < -0.4 is 10.2 Å². The van der Waals surface area contributed by atoms with Crippen molar-refractivity contribution in [2.75, 3.05) is 31.1 Å². The summed E-state index contributed by atoms with van der Waals surface area (Å²) >= 11 is 0. The Labute approximate surface area is 116 Å². The molecule has 1 aromatic carbocycles. The zero-order valence-electron chi connectivity index (χ0n) is 12.2. The maximum Gasteiger partial charge on any atom is 0.146 e. The van der Waals surface area contributed by atoms with Crippen LogP contribution in [0.5, 0.6) is 0 Å². The SMILES string of the molecule is CCN(CC1(C(C)C)CCNC1)c1ccccc1F. The smallest absolute Gasteiger partial charge is 0.146 e. The van der Waals surface area contributed by atoms with Crippen molar-refractivity contribution in [3.8, 4) is 0 Å². The van der Waals surface area contributed by atoms with Crippen LogP contribution in [0.4, 0.5) is 10.1 Å². The lowest BCUT2D eigenvalue weighted by Crippen LogP contribution is -2.43. The molecular formula is C16H25FN2. The average molecular weight is 264 g/mol. The first-order chi connectivity index (χ1) is 9.09. The third-order valence-corrected chi connectivity index (χ3v) is 4.58. The molecule has 19 heavy (non-hydrogen) atoms. The number of hydrogen-bond acceptors (Lipinski definition) is 2. The highest BCUT2D eigenvalue weighted by Crippen LogP contribution is 2.36. The fourth-order valence-corrected chi connectivity index (χ4v) is 3.03. The van der Waals surface area contributed by atoms with Gasteiger partial charge in [-0.1, -0.05) is 26.0 Å². The van der Waals surface area contributed by atoms with E-state index in [1.54, 1.807) is 12.1 Å². The molecule has 0 bridgehead atoms. The summed E-state index contributed by atoms with van der Waals surface area (Å²) in [5.41, 5.74) is 0.995. The van der Waals surface area contributed by atoms with E-state index < -0.39 is 0 Å². The highest BCUT2D eigenvalue weighted by molar-refractivity contribution is 5.47. The maximum absolute atomic E-state index is 14.0. The standard InChI is InChI=1S/C16H25FN2/c1-4-19(15-8-6-5-7-14(15)17)12-16(13(2)3)9-10-18-11-16/h5-8,13,18H,4,9-12H2,1-3H3. The number of benzene rings is 1. The molecule has 1 unspecified atom stereocenters. The minimum atomic E-state index is -0.116. The quantitative estimate of drug-likeness (QED) is 0.878. The van der Waals surface area contributed by atoms with E-state index in [1.165, 1.54) is 6.42 Å². The second-order valence-corrected chi connectivity index (χ2v) is 5.91. The molecule has 1 atom stereocenters. The molecular weight excluding hydrogens is 239 g/mol. The van der Waals surface area contributed by atoms with Crippen molar-refractivity contribution in [3.63, 3.8) is 0 Å². The molecule has 2 nitrogen and oxygen atoms in total.